The zero-order valence-corrected chi connectivity index (χ0v) is 12.1. The normalized spacial score (nSPS) is 16.9. The van der Waals surface area contributed by atoms with Crippen LogP contribution in [-0.2, 0) is 17.8 Å². The van der Waals surface area contributed by atoms with Gasteiger partial charge in [-0.2, -0.15) is 0 Å². The van der Waals surface area contributed by atoms with Crippen LogP contribution in [-0.4, -0.2) is 35.5 Å². The van der Waals surface area contributed by atoms with Crippen LogP contribution in [0.5, 0.6) is 5.75 Å². The average Bonchev–Trinajstić information content (AvgIpc) is 2.74. The van der Waals surface area contributed by atoms with Crippen molar-refractivity contribution >= 4 is 11.7 Å². The van der Waals surface area contributed by atoms with Crippen LogP contribution in [0.1, 0.15) is 16.8 Å². The van der Waals surface area contributed by atoms with Crippen LogP contribution in [0, 0.1) is 0 Å². The number of hydrogen-bond donors (Lipinski definition) is 1. The first-order valence-electron chi connectivity index (χ1n) is 7.36. The van der Waals surface area contributed by atoms with Crippen LogP contribution in [0.4, 0.5) is 5.82 Å². The fourth-order valence-corrected chi connectivity index (χ4v) is 2.96. The third-order valence-electron chi connectivity index (χ3n) is 4.05. The van der Waals surface area contributed by atoms with Gasteiger partial charge in [-0.25, -0.2) is 9.97 Å². The summed E-state index contributed by atoms with van der Waals surface area (Å²) >= 11 is 0. The van der Waals surface area contributed by atoms with E-state index in [1.54, 1.807) is 6.33 Å². The van der Waals surface area contributed by atoms with Crippen LogP contribution in [0.2, 0.25) is 0 Å². The Bertz CT molecular complexity index is 732. The number of nitrogens with one attached hydrogen (secondary N) is 1. The zero-order valence-electron chi connectivity index (χ0n) is 12.1. The van der Waals surface area contributed by atoms with E-state index in [9.17, 15) is 4.79 Å². The van der Waals surface area contributed by atoms with Crippen LogP contribution < -0.4 is 15.0 Å². The fraction of sp³-hybridized carbons (Fsp3) is 0.312. The Kier molecular flexibility index (Phi) is 3.14. The summed E-state index contributed by atoms with van der Waals surface area (Å²) in [5.41, 5.74) is 3.08. The number of para-hydroxylation sites is 1. The first-order valence-corrected chi connectivity index (χ1v) is 7.36. The lowest BCUT2D eigenvalue weighted by Crippen LogP contribution is -2.48. The van der Waals surface area contributed by atoms with Gasteiger partial charge in [0.15, 0.2) is 0 Å². The van der Waals surface area contributed by atoms with E-state index < -0.39 is 0 Å². The van der Waals surface area contributed by atoms with Gasteiger partial charge in [-0.05, 0) is 11.6 Å². The molecule has 1 aromatic carbocycles. The third-order valence-corrected chi connectivity index (χ3v) is 4.05. The van der Waals surface area contributed by atoms with E-state index in [0.717, 1.165) is 41.4 Å². The number of nitrogens with zero attached hydrogens (tertiary/aromatic N) is 3. The van der Waals surface area contributed by atoms with E-state index >= 15 is 0 Å². The van der Waals surface area contributed by atoms with Gasteiger partial charge in [0.2, 0.25) is 5.91 Å². The van der Waals surface area contributed by atoms with Gasteiger partial charge in [0.05, 0.1) is 12.2 Å². The van der Waals surface area contributed by atoms with Crippen molar-refractivity contribution in [3.8, 4) is 5.75 Å². The maximum atomic E-state index is 11.7. The van der Waals surface area contributed by atoms with E-state index in [2.05, 4.69) is 21.4 Å². The highest BCUT2D eigenvalue weighted by Crippen LogP contribution is 2.31. The molecule has 0 aliphatic carbocycles. The number of anilines is 1. The number of amides is 1. The molecule has 22 heavy (non-hydrogen) atoms. The van der Waals surface area contributed by atoms with Crippen molar-refractivity contribution in [2.24, 2.45) is 0 Å². The Morgan fingerprint density at radius 1 is 1.23 bits per heavy atom. The number of carbonyl (C=O) groups excluding carboxylic acids is 1. The summed E-state index contributed by atoms with van der Waals surface area (Å²) in [5.74, 6) is 1.77. The molecule has 3 heterocycles. The first-order chi connectivity index (χ1) is 10.8. The molecule has 0 spiro atoms. The summed E-state index contributed by atoms with van der Waals surface area (Å²) in [7, 11) is 0. The lowest BCUT2D eigenvalue weighted by molar-refractivity contribution is -0.120. The summed E-state index contributed by atoms with van der Waals surface area (Å²) in [5, 5.41) is 2.84. The molecule has 0 bridgehead atoms. The zero-order chi connectivity index (χ0) is 14.9. The van der Waals surface area contributed by atoms with Gasteiger partial charge in [-0.3, -0.25) is 4.79 Å². The summed E-state index contributed by atoms with van der Waals surface area (Å²) in [6.07, 6.45) is 2.28. The minimum absolute atomic E-state index is 0.0314. The summed E-state index contributed by atoms with van der Waals surface area (Å²) in [6, 6.07) is 8.01. The van der Waals surface area contributed by atoms with Gasteiger partial charge in [0, 0.05) is 25.1 Å². The fourth-order valence-electron chi connectivity index (χ4n) is 2.96. The maximum Gasteiger partial charge on any atom is 0.239 e. The van der Waals surface area contributed by atoms with Crippen molar-refractivity contribution in [3.05, 3.63) is 47.4 Å². The predicted octanol–water partition coefficient (Wildman–Crippen LogP) is 0.896. The number of hydrogen-bond acceptors (Lipinski definition) is 5. The van der Waals surface area contributed by atoms with Gasteiger partial charge >= 0.3 is 0 Å². The molecular formula is C16H16N4O2. The lowest BCUT2D eigenvalue weighted by atomic mass is 10.0. The predicted molar refractivity (Wildman–Crippen MR) is 80.8 cm³/mol. The molecule has 6 heteroatoms. The highest BCUT2D eigenvalue weighted by atomic mass is 16.5. The average molecular weight is 296 g/mol. The monoisotopic (exact) mass is 296 g/mol. The smallest absolute Gasteiger partial charge is 0.239 e. The molecular weight excluding hydrogens is 280 g/mol. The Labute approximate surface area is 128 Å². The number of fused-ring (bicyclic) bond motifs is 2. The number of carbonyl (C=O) groups is 1. The Balaban J connectivity index is 1.76. The number of piperazine rings is 1. The summed E-state index contributed by atoms with van der Waals surface area (Å²) in [6.45, 7) is 2.18. The second-order valence-electron chi connectivity index (χ2n) is 5.47. The van der Waals surface area contributed by atoms with E-state index in [1.807, 2.05) is 23.1 Å². The molecule has 2 aliphatic heterocycles. The highest BCUT2D eigenvalue weighted by molar-refractivity contribution is 5.82. The molecule has 6 nitrogen and oxygen atoms in total. The number of ether oxygens (including phenoxy) is 1. The lowest BCUT2D eigenvalue weighted by Gasteiger charge is -2.29. The van der Waals surface area contributed by atoms with E-state index in [-0.39, 0.29) is 5.91 Å². The molecule has 2 aliphatic rings. The van der Waals surface area contributed by atoms with Gasteiger partial charge in [-0.1, -0.05) is 18.2 Å². The molecule has 1 saturated heterocycles. The van der Waals surface area contributed by atoms with Crippen molar-refractivity contribution < 1.29 is 9.53 Å². The molecule has 2 aromatic rings. The Morgan fingerprint density at radius 2 is 2.14 bits per heavy atom. The number of aromatic nitrogens is 2. The highest BCUT2D eigenvalue weighted by Gasteiger charge is 2.24. The molecule has 1 amide bonds. The van der Waals surface area contributed by atoms with Crippen molar-refractivity contribution in [2.75, 3.05) is 24.5 Å². The topological polar surface area (TPSA) is 67.4 Å². The van der Waals surface area contributed by atoms with E-state index in [1.165, 1.54) is 0 Å². The number of rotatable bonds is 1. The number of benzene rings is 1. The Morgan fingerprint density at radius 3 is 3.05 bits per heavy atom. The van der Waals surface area contributed by atoms with E-state index in [0.29, 0.717) is 19.7 Å². The van der Waals surface area contributed by atoms with Crippen molar-refractivity contribution in [1.82, 2.24) is 15.3 Å². The van der Waals surface area contributed by atoms with Gasteiger partial charge in [-0.15, -0.1) is 0 Å². The summed E-state index contributed by atoms with van der Waals surface area (Å²) in [4.78, 5) is 22.5. The standard InChI is InChI=1S/C16H16N4O2/c21-15-8-20(6-5-17-15)16-12-7-11-3-1-2-4-14(11)22-9-13(12)18-10-19-16/h1-4,10H,5-9H2,(H,17,21). The molecule has 1 fully saturated rings. The second kappa shape index (κ2) is 5.29. The Hall–Kier alpha value is -2.63. The third kappa shape index (κ3) is 2.26. The maximum absolute atomic E-state index is 11.7. The van der Waals surface area contributed by atoms with Crippen molar-refractivity contribution in [1.29, 1.82) is 0 Å². The van der Waals surface area contributed by atoms with Gasteiger partial charge < -0.3 is 15.0 Å². The molecule has 112 valence electrons. The van der Waals surface area contributed by atoms with Crippen molar-refractivity contribution in [3.63, 3.8) is 0 Å². The molecule has 1 aromatic heterocycles. The van der Waals surface area contributed by atoms with Gasteiger partial charge in [0.1, 0.15) is 24.5 Å². The molecule has 0 unspecified atom stereocenters. The van der Waals surface area contributed by atoms with E-state index in [4.69, 9.17) is 4.74 Å². The van der Waals surface area contributed by atoms with Crippen LogP contribution in [0.3, 0.4) is 0 Å². The van der Waals surface area contributed by atoms with Crippen LogP contribution in [0.25, 0.3) is 0 Å². The quantitative estimate of drug-likeness (QED) is 0.847. The minimum atomic E-state index is 0.0314. The molecule has 4 rings (SSSR count). The largest absolute Gasteiger partial charge is 0.487 e. The van der Waals surface area contributed by atoms with Gasteiger partial charge in [0.25, 0.3) is 0 Å². The molecule has 0 radical (unpaired) electrons. The molecule has 0 saturated carbocycles. The van der Waals surface area contributed by atoms with Crippen LogP contribution in [0.15, 0.2) is 30.6 Å². The first kappa shape index (κ1) is 13.1. The van der Waals surface area contributed by atoms with Crippen LogP contribution >= 0.6 is 0 Å². The summed E-state index contributed by atoms with van der Waals surface area (Å²) < 4.78 is 5.85. The second-order valence-corrected chi connectivity index (χ2v) is 5.47. The molecule has 1 N–H and O–H groups in total. The SMILES string of the molecule is O=C1CN(c2ncnc3c2Cc2ccccc2OC3)CCN1. The molecule has 0 atom stereocenters. The minimum Gasteiger partial charge on any atom is -0.487 e. The van der Waals surface area contributed by atoms with Crippen molar-refractivity contribution in [2.45, 2.75) is 13.0 Å².